The van der Waals surface area contributed by atoms with Gasteiger partial charge in [-0.05, 0) is 73.2 Å². The van der Waals surface area contributed by atoms with Gasteiger partial charge in [0.1, 0.15) is 17.4 Å². The summed E-state index contributed by atoms with van der Waals surface area (Å²) in [6, 6.07) is 21.8. The second-order valence-electron chi connectivity index (χ2n) is 9.99. The van der Waals surface area contributed by atoms with Crippen LogP contribution in [-0.4, -0.2) is 29.5 Å². The van der Waals surface area contributed by atoms with Crippen molar-refractivity contribution in [3.05, 3.63) is 82.9 Å². The Morgan fingerprint density at radius 1 is 1.03 bits per heavy atom. The normalized spacial score (nSPS) is 15.3. The summed E-state index contributed by atoms with van der Waals surface area (Å²) in [5.74, 6) is 2.30. The van der Waals surface area contributed by atoms with E-state index in [1.165, 1.54) is 54.4 Å². The van der Waals surface area contributed by atoms with Crippen molar-refractivity contribution in [3.8, 4) is 16.3 Å². The van der Waals surface area contributed by atoms with Gasteiger partial charge in [-0.3, -0.25) is 0 Å². The Morgan fingerprint density at radius 2 is 1.82 bits per heavy atom. The third-order valence-electron chi connectivity index (χ3n) is 6.77. The van der Waals surface area contributed by atoms with Crippen LogP contribution < -0.4 is 4.74 Å². The lowest BCUT2D eigenvalue weighted by molar-refractivity contribution is 0.192. The monoisotopic (exact) mass is 470 g/mol. The highest BCUT2D eigenvalue weighted by molar-refractivity contribution is 7.15. The van der Waals surface area contributed by atoms with Gasteiger partial charge in [-0.25, -0.2) is 4.98 Å². The van der Waals surface area contributed by atoms with Gasteiger partial charge in [0.05, 0.1) is 4.88 Å². The number of piperidine rings is 1. The average molecular weight is 471 g/mol. The lowest BCUT2D eigenvalue weighted by Crippen LogP contribution is -2.35. The molecule has 4 aromatic rings. The van der Waals surface area contributed by atoms with Crippen molar-refractivity contribution < 1.29 is 4.74 Å². The first kappa shape index (κ1) is 23.1. The van der Waals surface area contributed by atoms with Crippen LogP contribution in [0.4, 0.5) is 0 Å². The zero-order chi connectivity index (χ0) is 23.5. The molecule has 5 rings (SSSR count). The number of hydrogen-bond donors (Lipinski definition) is 0. The van der Waals surface area contributed by atoms with Crippen molar-refractivity contribution in [1.29, 1.82) is 0 Å². The molecule has 34 heavy (non-hydrogen) atoms. The molecule has 4 heteroatoms. The van der Waals surface area contributed by atoms with E-state index in [1.54, 1.807) is 11.3 Å². The number of thiazole rings is 1. The number of likely N-dealkylation sites (tertiary alicyclic amines) is 1. The van der Waals surface area contributed by atoms with E-state index in [4.69, 9.17) is 4.74 Å². The zero-order valence-corrected chi connectivity index (χ0v) is 21.3. The van der Waals surface area contributed by atoms with Gasteiger partial charge in [-0.2, -0.15) is 0 Å². The minimum absolute atomic E-state index is 0.546. The van der Waals surface area contributed by atoms with Gasteiger partial charge >= 0.3 is 0 Å². The molecule has 0 amide bonds. The molecule has 2 heterocycles. The summed E-state index contributed by atoms with van der Waals surface area (Å²) in [5.41, 5.74) is 3.91. The average Bonchev–Trinajstić information content (AvgIpc) is 3.32. The van der Waals surface area contributed by atoms with Gasteiger partial charge < -0.3 is 9.64 Å². The Kier molecular flexibility index (Phi) is 6.98. The fourth-order valence-electron chi connectivity index (χ4n) is 5.02. The third-order valence-corrected chi connectivity index (χ3v) is 7.79. The molecule has 0 unspecified atom stereocenters. The van der Waals surface area contributed by atoms with Gasteiger partial charge in [0, 0.05) is 18.3 Å². The molecular formula is C30H34N2OS. The SMILES string of the molecule is Cc1ccc(-c2ncc(COc3ccc4cccc(C5CCN(CC(C)C)CC5)c4c3)s2)cc1. The van der Waals surface area contributed by atoms with E-state index in [0.717, 1.165) is 27.1 Å². The lowest BCUT2D eigenvalue weighted by atomic mass is 9.86. The van der Waals surface area contributed by atoms with Gasteiger partial charge in [-0.1, -0.05) is 67.9 Å². The van der Waals surface area contributed by atoms with E-state index in [1.807, 2.05) is 6.20 Å². The zero-order valence-electron chi connectivity index (χ0n) is 20.5. The summed E-state index contributed by atoms with van der Waals surface area (Å²) in [6.07, 6.45) is 4.41. The fourth-order valence-corrected chi connectivity index (χ4v) is 5.85. The molecule has 1 aliphatic heterocycles. The smallest absolute Gasteiger partial charge is 0.124 e. The Labute approximate surface area is 207 Å². The highest BCUT2D eigenvalue weighted by Gasteiger charge is 2.22. The van der Waals surface area contributed by atoms with Crippen molar-refractivity contribution in [1.82, 2.24) is 9.88 Å². The summed E-state index contributed by atoms with van der Waals surface area (Å²) in [4.78, 5) is 8.38. The third kappa shape index (κ3) is 5.34. The van der Waals surface area contributed by atoms with Crippen LogP contribution in [0.3, 0.4) is 0 Å². The molecule has 1 saturated heterocycles. The minimum atomic E-state index is 0.546. The van der Waals surface area contributed by atoms with Crippen molar-refractivity contribution in [2.24, 2.45) is 5.92 Å². The Morgan fingerprint density at radius 3 is 2.59 bits per heavy atom. The first-order valence-corrected chi connectivity index (χ1v) is 13.3. The summed E-state index contributed by atoms with van der Waals surface area (Å²) in [7, 11) is 0. The molecule has 176 valence electrons. The fraction of sp³-hybridized carbons (Fsp3) is 0.367. The van der Waals surface area contributed by atoms with Gasteiger partial charge in [0.25, 0.3) is 0 Å². The molecule has 0 radical (unpaired) electrons. The number of aromatic nitrogens is 1. The Balaban J connectivity index is 1.28. The molecule has 3 nitrogen and oxygen atoms in total. The molecule has 0 bridgehead atoms. The van der Waals surface area contributed by atoms with E-state index in [0.29, 0.717) is 12.5 Å². The minimum Gasteiger partial charge on any atom is -0.488 e. The maximum Gasteiger partial charge on any atom is 0.124 e. The van der Waals surface area contributed by atoms with Crippen LogP contribution in [-0.2, 0) is 6.61 Å². The number of benzene rings is 3. The molecule has 0 saturated carbocycles. The molecule has 0 atom stereocenters. The van der Waals surface area contributed by atoms with E-state index in [2.05, 4.69) is 91.3 Å². The quantitative estimate of drug-likeness (QED) is 0.277. The molecular weight excluding hydrogens is 436 g/mol. The van der Waals surface area contributed by atoms with E-state index in [-0.39, 0.29) is 0 Å². The number of ether oxygens (including phenoxy) is 1. The van der Waals surface area contributed by atoms with Crippen LogP contribution in [0.1, 0.15) is 48.6 Å². The summed E-state index contributed by atoms with van der Waals surface area (Å²) >= 11 is 1.70. The predicted octanol–water partition coefficient (Wildman–Crippen LogP) is 7.69. The predicted molar refractivity (Wildman–Crippen MR) is 144 cm³/mol. The first-order valence-electron chi connectivity index (χ1n) is 12.4. The largest absolute Gasteiger partial charge is 0.488 e. The van der Waals surface area contributed by atoms with Crippen molar-refractivity contribution in [3.63, 3.8) is 0 Å². The summed E-state index contributed by atoms with van der Waals surface area (Å²) in [5, 5.41) is 3.68. The summed E-state index contributed by atoms with van der Waals surface area (Å²) in [6.45, 7) is 10.9. The number of nitrogens with zero attached hydrogens (tertiary/aromatic N) is 2. The van der Waals surface area contributed by atoms with Crippen molar-refractivity contribution in [2.75, 3.05) is 19.6 Å². The maximum absolute atomic E-state index is 6.23. The molecule has 0 N–H and O–H groups in total. The Bertz CT molecular complexity index is 1240. The molecule has 0 aliphatic carbocycles. The molecule has 1 aliphatic rings. The second kappa shape index (κ2) is 10.3. The van der Waals surface area contributed by atoms with Crippen LogP contribution >= 0.6 is 11.3 Å². The van der Waals surface area contributed by atoms with Gasteiger partial charge in [-0.15, -0.1) is 11.3 Å². The highest BCUT2D eigenvalue weighted by Crippen LogP contribution is 2.35. The van der Waals surface area contributed by atoms with Crippen LogP contribution in [0, 0.1) is 12.8 Å². The van der Waals surface area contributed by atoms with Crippen molar-refractivity contribution >= 4 is 22.1 Å². The van der Waals surface area contributed by atoms with Crippen LogP contribution in [0.5, 0.6) is 5.75 Å². The standard InChI is InChI=1S/C30H34N2OS/c1-21(2)19-32-15-13-24(14-16-32)28-6-4-5-23-11-12-26(17-29(23)28)33-20-27-18-31-30(34-27)25-9-7-22(3)8-10-25/h4-12,17-18,21,24H,13-16,19-20H2,1-3H3. The number of fused-ring (bicyclic) bond motifs is 1. The van der Waals surface area contributed by atoms with E-state index >= 15 is 0 Å². The second-order valence-corrected chi connectivity index (χ2v) is 11.1. The number of rotatable bonds is 7. The van der Waals surface area contributed by atoms with Gasteiger partial charge in [0.15, 0.2) is 0 Å². The van der Waals surface area contributed by atoms with E-state index < -0.39 is 0 Å². The van der Waals surface area contributed by atoms with Gasteiger partial charge in [0.2, 0.25) is 0 Å². The number of hydrogen-bond acceptors (Lipinski definition) is 4. The van der Waals surface area contributed by atoms with Crippen LogP contribution in [0.25, 0.3) is 21.3 Å². The highest BCUT2D eigenvalue weighted by atomic mass is 32.1. The maximum atomic E-state index is 6.23. The molecule has 3 aromatic carbocycles. The molecule has 1 aromatic heterocycles. The van der Waals surface area contributed by atoms with Crippen molar-refractivity contribution in [2.45, 2.75) is 46.1 Å². The number of aryl methyl sites for hydroxylation is 1. The molecule has 1 fully saturated rings. The van der Waals surface area contributed by atoms with Crippen LogP contribution in [0.2, 0.25) is 0 Å². The Hall–Kier alpha value is -2.69. The first-order chi connectivity index (χ1) is 16.5. The molecule has 0 spiro atoms. The lowest BCUT2D eigenvalue weighted by Gasteiger charge is -2.33. The van der Waals surface area contributed by atoms with Crippen LogP contribution in [0.15, 0.2) is 66.9 Å². The van der Waals surface area contributed by atoms with E-state index in [9.17, 15) is 0 Å². The summed E-state index contributed by atoms with van der Waals surface area (Å²) < 4.78 is 6.23. The topological polar surface area (TPSA) is 25.4 Å².